The summed E-state index contributed by atoms with van der Waals surface area (Å²) in [6.07, 6.45) is 1.60. The van der Waals surface area contributed by atoms with E-state index in [1.54, 1.807) is 36.5 Å². The SMILES string of the molecule is COc1c(C)cc(C)cc1/C(O)=C1\C(=O)C(=O)N(c2ccc(C)c(C)c2)C1c1ccccn1. The molecule has 2 heterocycles. The summed E-state index contributed by atoms with van der Waals surface area (Å²) in [6.45, 7) is 7.70. The van der Waals surface area contributed by atoms with Gasteiger partial charge in [0, 0.05) is 11.9 Å². The lowest BCUT2D eigenvalue weighted by Crippen LogP contribution is -2.30. The summed E-state index contributed by atoms with van der Waals surface area (Å²) in [7, 11) is 1.51. The number of nitrogens with zero attached hydrogens (tertiary/aromatic N) is 2. The first-order valence-corrected chi connectivity index (χ1v) is 10.7. The molecule has 6 nitrogen and oxygen atoms in total. The molecule has 2 aromatic carbocycles. The molecule has 0 radical (unpaired) electrons. The van der Waals surface area contributed by atoms with Gasteiger partial charge in [-0.25, -0.2) is 0 Å². The molecule has 1 atom stereocenters. The number of aryl methyl sites for hydroxylation is 4. The van der Waals surface area contributed by atoms with Gasteiger partial charge in [-0.1, -0.05) is 18.2 Å². The number of methoxy groups -OCH3 is 1. The predicted molar refractivity (Wildman–Crippen MR) is 127 cm³/mol. The molecule has 1 aromatic heterocycles. The zero-order valence-corrected chi connectivity index (χ0v) is 19.3. The molecule has 1 aliphatic rings. The standard InChI is InChI=1S/C27H26N2O4/c1-15-12-18(4)26(33-5)20(13-15)24(30)22-23(21-8-6-7-11-28-21)29(27(32)25(22)31)19-10-9-16(2)17(3)14-19/h6-14,23,30H,1-5H3/b24-22+. The van der Waals surface area contributed by atoms with Gasteiger partial charge < -0.3 is 9.84 Å². The first-order valence-electron chi connectivity index (χ1n) is 10.7. The molecule has 0 aliphatic carbocycles. The number of Topliss-reactive ketones (excluding diaryl/α,β-unsaturated/α-hetero) is 1. The maximum atomic E-state index is 13.3. The van der Waals surface area contributed by atoms with E-state index in [0.29, 0.717) is 22.7 Å². The Balaban J connectivity index is 2.00. The van der Waals surface area contributed by atoms with E-state index in [1.807, 2.05) is 45.9 Å². The van der Waals surface area contributed by atoms with Crippen molar-refractivity contribution in [2.75, 3.05) is 12.0 Å². The van der Waals surface area contributed by atoms with Crippen LogP contribution in [0.3, 0.4) is 0 Å². The fourth-order valence-electron chi connectivity index (χ4n) is 4.34. The number of aliphatic hydroxyl groups excluding tert-OH is 1. The minimum Gasteiger partial charge on any atom is -0.507 e. The molecule has 33 heavy (non-hydrogen) atoms. The number of benzene rings is 2. The number of aliphatic hydroxyl groups is 1. The van der Waals surface area contributed by atoms with Gasteiger partial charge >= 0.3 is 0 Å². The number of hydrogen-bond donors (Lipinski definition) is 1. The highest BCUT2D eigenvalue weighted by Crippen LogP contribution is 2.43. The predicted octanol–water partition coefficient (Wildman–Crippen LogP) is 4.95. The zero-order chi connectivity index (χ0) is 23.9. The van der Waals surface area contributed by atoms with Crippen molar-refractivity contribution in [1.29, 1.82) is 0 Å². The molecule has 3 aromatic rings. The van der Waals surface area contributed by atoms with Crippen molar-refractivity contribution in [3.05, 3.63) is 93.8 Å². The Morgan fingerprint density at radius 3 is 2.36 bits per heavy atom. The van der Waals surface area contributed by atoms with Crippen LogP contribution in [0.1, 0.15) is 39.6 Å². The van der Waals surface area contributed by atoms with Crippen LogP contribution in [0.25, 0.3) is 5.76 Å². The van der Waals surface area contributed by atoms with Crippen LogP contribution in [-0.4, -0.2) is 28.9 Å². The van der Waals surface area contributed by atoms with Crippen molar-refractivity contribution in [1.82, 2.24) is 4.98 Å². The zero-order valence-electron chi connectivity index (χ0n) is 19.3. The van der Waals surface area contributed by atoms with Crippen LogP contribution >= 0.6 is 0 Å². The highest BCUT2D eigenvalue weighted by atomic mass is 16.5. The van der Waals surface area contributed by atoms with Gasteiger partial charge in [0.15, 0.2) is 0 Å². The van der Waals surface area contributed by atoms with E-state index in [-0.39, 0.29) is 11.3 Å². The molecule has 168 valence electrons. The lowest BCUT2D eigenvalue weighted by atomic mass is 9.95. The number of ketones is 1. The summed E-state index contributed by atoms with van der Waals surface area (Å²) in [5.74, 6) is -1.30. The smallest absolute Gasteiger partial charge is 0.300 e. The molecule has 1 fully saturated rings. The van der Waals surface area contributed by atoms with Gasteiger partial charge in [-0.05, 0) is 80.3 Å². The first-order chi connectivity index (χ1) is 15.7. The van der Waals surface area contributed by atoms with Gasteiger partial charge in [0.05, 0.1) is 23.9 Å². The summed E-state index contributed by atoms with van der Waals surface area (Å²) in [6, 6.07) is 13.7. The normalized spacial score (nSPS) is 17.5. The second-order valence-corrected chi connectivity index (χ2v) is 8.35. The van der Waals surface area contributed by atoms with Crippen molar-refractivity contribution in [2.24, 2.45) is 0 Å². The van der Waals surface area contributed by atoms with E-state index >= 15 is 0 Å². The summed E-state index contributed by atoms with van der Waals surface area (Å²) in [5.41, 5.74) is 5.19. The van der Waals surface area contributed by atoms with Gasteiger partial charge in [-0.15, -0.1) is 0 Å². The Kier molecular flexibility index (Phi) is 5.77. The molecule has 4 rings (SSSR count). The summed E-state index contributed by atoms with van der Waals surface area (Å²) < 4.78 is 5.54. The third kappa shape index (κ3) is 3.78. The fraction of sp³-hybridized carbons (Fsp3) is 0.222. The van der Waals surface area contributed by atoms with Crippen molar-refractivity contribution in [2.45, 2.75) is 33.7 Å². The molecule has 0 bridgehead atoms. The average Bonchev–Trinajstić information content (AvgIpc) is 3.06. The molecule has 1 aliphatic heterocycles. The molecule has 6 heteroatoms. The molecule has 1 saturated heterocycles. The number of ether oxygens (including phenoxy) is 1. The number of aromatic nitrogens is 1. The number of anilines is 1. The van der Waals surface area contributed by atoms with Crippen LogP contribution in [0.5, 0.6) is 5.75 Å². The topological polar surface area (TPSA) is 79.7 Å². The molecular formula is C27H26N2O4. The van der Waals surface area contributed by atoms with E-state index in [2.05, 4.69) is 4.98 Å². The van der Waals surface area contributed by atoms with Crippen LogP contribution in [0, 0.1) is 27.7 Å². The maximum absolute atomic E-state index is 13.3. The van der Waals surface area contributed by atoms with Crippen molar-refractivity contribution in [3.8, 4) is 5.75 Å². The number of hydrogen-bond acceptors (Lipinski definition) is 5. The Hall–Kier alpha value is -3.93. The van der Waals surface area contributed by atoms with Gasteiger partial charge in [-0.2, -0.15) is 0 Å². The van der Waals surface area contributed by atoms with Crippen LogP contribution in [0.4, 0.5) is 5.69 Å². The highest BCUT2D eigenvalue weighted by molar-refractivity contribution is 6.51. The molecular weight excluding hydrogens is 416 g/mol. The summed E-state index contributed by atoms with van der Waals surface area (Å²) >= 11 is 0. The largest absolute Gasteiger partial charge is 0.507 e. The maximum Gasteiger partial charge on any atom is 0.300 e. The van der Waals surface area contributed by atoms with Crippen molar-refractivity contribution >= 4 is 23.1 Å². The summed E-state index contributed by atoms with van der Waals surface area (Å²) in [4.78, 5) is 32.5. The van der Waals surface area contributed by atoms with E-state index in [9.17, 15) is 14.7 Å². The quantitative estimate of drug-likeness (QED) is 0.351. The van der Waals surface area contributed by atoms with Gasteiger partial charge in [0.2, 0.25) is 0 Å². The molecule has 1 N–H and O–H groups in total. The minimum absolute atomic E-state index is 0.0137. The number of carbonyl (C=O) groups excluding carboxylic acids is 2. The van der Waals surface area contributed by atoms with Crippen LogP contribution in [0.15, 0.2) is 60.3 Å². The molecule has 1 unspecified atom stereocenters. The fourth-order valence-corrected chi connectivity index (χ4v) is 4.34. The van der Waals surface area contributed by atoms with Crippen molar-refractivity contribution in [3.63, 3.8) is 0 Å². The Morgan fingerprint density at radius 1 is 0.970 bits per heavy atom. The highest BCUT2D eigenvalue weighted by Gasteiger charge is 2.48. The van der Waals surface area contributed by atoms with Crippen molar-refractivity contribution < 1.29 is 19.4 Å². The van der Waals surface area contributed by atoms with Gasteiger partial charge in [-0.3, -0.25) is 19.5 Å². The monoisotopic (exact) mass is 442 g/mol. The molecule has 0 spiro atoms. The molecule has 0 saturated carbocycles. The van der Waals surface area contributed by atoms with Crippen LogP contribution in [-0.2, 0) is 9.59 Å². The second-order valence-electron chi connectivity index (χ2n) is 8.35. The van der Waals surface area contributed by atoms with Crippen LogP contribution < -0.4 is 9.64 Å². The second kappa shape index (κ2) is 8.54. The lowest BCUT2D eigenvalue weighted by molar-refractivity contribution is -0.132. The van der Waals surface area contributed by atoms with E-state index in [0.717, 1.165) is 22.3 Å². The average molecular weight is 443 g/mol. The third-order valence-corrected chi connectivity index (χ3v) is 6.06. The Morgan fingerprint density at radius 2 is 1.73 bits per heavy atom. The van der Waals surface area contributed by atoms with E-state index < -0.39 is 17.7 Å². The number of amides is 1. The lowest BCUT2D eigenvalue weighted by Gasteiger charge is -2.25. The van der Waals surface area contributed by atoms with Gasteiger partial charge in [0.25, 0.3) is 11.7 Å². The van der Waals surface area contributed by atoms with E-state index in [1.165, 1.54) is 12.0 Å². The molecule has 1 amide bonds. The van der Waals surface area contributed by atoms with E-state index in [4.69, 9.17) is 4.74 Å². The number of rotatable bonds is 4. The summed E-state index contributed by atoms with van der Waals surface area (Å²) in [5, 5.41) is 11.4. The Bertz CT molecular complexity index is 1290. The number of carbonyl (C=O) groups is 2. The first kappa shape index (κ1) is 22.3. The Labute approximate surface area is 193 Å². The minimum atomic E-state index is -0.876. The third-order valence-electron chi connectivity index (χ3n) is 6.06. The number of pyridine rings is 1. The van der Waals surface area contributed by atoms with Gasteiger partial charge in [0.1, 0.15) is 17.6 Å². The van der Waals surface area contributed by atoms with Crippen LogP contribution in [0.2, 0.25) is 0 Å².